The van der Waals surface area contributed by atoms with Gasteiger partial charge in [0.15, 0.2) is 24.5 Å². The molecule has 1 saturated carbocycles. The predicted octanol–water partition coefficient (Wildman–Crippen LogP) is 4.14. The van der Waals surface area contributed by atoms with Crippen LogP contribution in [-0.4, -0.2) is 57.3 Å². The number of hydrogen-bond donors (Lipinski definition) is 2. The predicted molar refractivity (Wildman–Crippen MR) is 146 cm³/mol. The van der Waals surface area contributed by atoms with E-state index in [1.807, 2.05) is 47.8 Å². The Balaban J connectivity index is 0.000000623. The van der Waals surface area contributed by atoms with E-state index in [4.69, 9.17) is 22.1 Å². The van der Waals surface area contributed by atoms with E-state index in [0.717, 1.165) is 50.6 Å². The van der Waals surface area contributed by atoms with Gasteiger partial charge in [-0.3, -0.25) is 14.5 Å². The first-order valence-corrected chi connectivity index (χ1v) is 13.4. The molecule has 1 aliphatic carbocycles. The number of nitrogens with one attached hydrogen (secondary N) is 1. The number of carbonyl (C=O) groups is 2. The fraction of sp³-hybridized carbons (Fsp3) is 0.519. The van der Waals surface area contributed by atoms with E-state index in [1.54, 1.807) is 24.5 Å². The van der Waals surface area contributed by atoms with Crippen LogP contribution < -0.4 is 15.6 Å². The van der Waals surface area contributed by atoms with Crippen molar-refractivity contribution in [2.24, 2.45) is 5.73 Å². The molecule has 2 aromatic rings. The van der Waals surface area contributed by atoms with Gasteiger partial charge in [0.1, 0.15) is 12.3 Å². The molecule has 0 amide bonds. The number of alkyl halides is 1. The Morgan fingerprint density at radius 3 is 2.44 bits per heavy atom. The highest BCUT2D eigenvalue weighted by Gasteiger charge is 2.46. The molecular formula is C27H41Cl2N4O3+. The fourth-order valence-electron chi connectivity index (χ4n) is 4.18. The van der Waals surface area contributed by atoms with Crippen LogP contribution in [0.1, 0.15) is 54.4 Å². The molecule has 36 heavy (non-hydrogen) atoms. The Labute approximate surface area is 225 Å². The molecule has 0 bridgehead atoms. The quantitative estimate of drug-likeness (QED) is 0.147. The summed E-state index contributed by atoms with van der Waals surface area (Å²) in [6, 6.07) is 11.0. The molecule has 0 saturated heterocycles. The van der Waals surface area contributed by atoms with Crippen molar-refractivity contribution in [2.75, 3.05) is 40.3 Å². The largest absolute Gasteiger partial charge is 0.330 e. The molecule has 1 atom stereocenters. The van der Waals surface area contributed by atoms with E-state index in [0.29, 0.717) is 30.5 Å². The molecule has 200 valence electrons. The van der Waals surface area contributed by atoms with Crippen LogP contribution in [0.4, 0.5) is 0 Å². The molecule has 9 heteroatoms. The van der Waals surface area contributed by atoms with Crippen molar-refractivity contribution < 1.29 is 18.9 Å². The highest BCUT2D eigenvalue weighted by molar-refractivity contribution is 6.31. The van der Waals surface area contributed by atoms with Gasteiger partial charge >= 0.3 is 0 Å². The number of likely N-dealkylation sites (N-methyl/N-ethyl adjacent to an activating group) is 1. The van der Waals surface area contributed by atoms with Crippen LogP contribution in [0.25, 0.3) is 0 Å². The fourth-order valence-corrected chi connectivity index (χ4v) is 4.47. The zero-order valence-electron chi connectivity index (χ0n) is 21.7. The third kappa shape index (κ3) is 9.54. The zero-order valence-corrected chi connectivity index (χ0v) is 23.2. The van der Waals surface area contributed by atoms with Crippen LogP contribution in [0.15, 0.2) is 48.8 Å². The van der Waals surface area contributed by atoms with E-state index in [2.05, 4.69) is 16.9 Å². The maximum Gasteiger partial charge on any atom is 0.253 e. The van der Waals surface area contributed by atoms with Crippen LogP contribution in [0.2, 0.25) is 5.02 Å². The minimum atomic E-state index is -0.747. The number of ether oxygens (including phenoxy) is 1. The third-order valence-electron chi connectivity index (χ3n) is 6.08. The van der Waals surface area contributed by atoms with Crippen LogP contribution in [0, 0.1) is 0 Å². The summed E-state index contributed by atoms with van der Waals surface area (Å²) in [5.41, 5.74) is 5.97. The van der Waals surface area contributed by atoms with Gasteiger partial charge < -0.3 is 15.8 Å². The number of aldehydes is 1. The number of hydrogen-bond acceptors (Lipinski definition) is 6. The summed E-state index contributed by atoms with van der Waals surface area (Å²) >= 11 is 11.1. The summed E-state index contributed by atoms with van der Waals surface area (Å²) < 4.78 is 7.69. The number of rotatable bonds is 11. The van der Waals surface area contributed by atoms with Crippen molar-refractivity contribution in [3.8, 4) is 0 Å². The standard InChI is InChI=1S/C21H24ClN2O3.C5H14N2.CH3Cl/c1-23(15-27-16-24-12-9-17(14-25)10-13-24)21(11-5-4-8-20(21)26)18-6-2-3-7-19(18)22;1-7-5-3-2-4-6;1-2/h2-3,6-7,9-10,12-14H,4-5,8,11,15-16H2,1H3;7H,2-6H2,1H3;1H3/q+1;;. The molecule has 0 aliphatic heterocycles. The minimum Gasteiger partial charge on any atom is -0.330 e. The topological polar surface area (TPSA) is 88.5 Å². The van der Waals surface area contributed by atoms with Gasteiger partial charge in [-0.25, -0.2) is 0 Å². The summed E-state index contributed by atoms with van der Waals surface area (Å²) in [6.45, 7) is 2.54. The smallest absolute Gasteiger partial charge is 0.253 e. The van der Waals surface area contributed by atoms with Gasteiger partial charge in [-0.15, -0.1) is 11.6 Å². The maximum atomic E-state index is 13.0. The second-order valence-electron chi connectivity index (χ2n) is 8.49. The number of ketones is 1. The van der Waals surface area contributed by atoms with E-state index < -0.39 is 5.54 Å². The molecule has 0 spiro atoms. The molecule has 1 heterocycles. The summed E-state index contributed by atoms with van der Waals surface area (Å²) in [4.78, 5) is 25.7. The van der Waals surface area contributed by atoms with E-state index >= 15 is 0 Å². The minimum absolute atomic E-state index is 0.191. The Kier molecular flexibility index (Phi) is 16.4. The van der Waals surface area contributed by atoms with Gasteiger partial charge in [-0.1, -0.05) is 36.2 Å². The van der Waals surface area contributed by atoms with Crippen molar-refractivity contribution in [1.82, 2.24) is 10.2 Å². The van der Waals surface area contributed by atoms with Crippen LogP contribution in [0.3, 0.4) is 0 Å². The van der Waals surface area contributed by atoms with Gasteiger partial charge in [-0.2, -0.15) is 4.57 Å². The molecule has 1 aliphatic rings. The van der Waals surface area contributed by atoms with Crippen molar-refractivity contribution in [1.29, 1.82) is 0 Å². The number of aromatic nitrogens is 1. The first-order chi connectivity index (χ1) is 17.5. The van der Waals surface area contributed by atoms with E-state index in [9.17, 15) is 9.59 Å². The summed E-state index contributed by atoms with van der Waals surface area (Å²) in [5, 5.41) is 3.66. The van der Waals surface area contributed by atoms with Gasteiger partial charge in [0, 0.05) is 35.5 Å². The number of benzene rings is 1. The number of unbranched alkanes of at least 4 members (excludes halogenated alkanes) is 1. The summed E-state index contributed by atoms with van der Waals surface area (Å²) in [7, 11) is 3.86. The first-order valence-electron chi connectivity index (χ1n) is 12.2. The van der Waals surface area contributed by atoms with Crippen LogP contribution >= 0.6 is 23.2 Å². The normalized spacial score (nSPS) is 17.0. The van der Waals surface area contributed by atoms with Gasteiger partial charge in [0.25, 0.3) is 6.73 Å². The lowest BCUT2D eigenvalue weighted by Crippen LogP contribution is -2.53. The van der Waals surface area contributed by atoms with Crippen molar-refractivity contribution in [2.45, 2.75) is 50.8 Å². The zero-order chi connectivity index (χ0) is 26.8. The molecule has 3 rings (SSSR count). The monoisotopic (exact) mass is 539 g/mol. The highest BCUT2D eigenvalue weighted by atomic mass is 35.5. The van der Waals surface area contributed by atoms with Gasteiger partial charge in [-0.05, 0) is 64.5 Å². The number of nitrogens with two attached hydrogens (primary N) is 1. The number of carbonyl (C=O) groups excluding carboxylic acids is 2. The molecular weight excluding hydrogens is 499 g/mol. The Morgan fingerprint density at radius 1 is 1.17 bits per heavy atom. The van der Waals surface area contributed by atoms with Crippen molar-refractivity contribution >= 4 is 35.3 Å². The van der Waals surface area contributed by atoms with Crippen LogP contribution in [0.5, 0.6) is 0 Å². The first kappa shape index (κ1) is 32.2. The Morgan fingerprint density at radius 2 is 1.86 bits per heavy atom. The van der Waals surface area contributed by atoms with Gasteiger partial charge in [0.05, 0.1) is 0 Å². The lowest BCUT2D eigenvalue weighted by Gasteiger charge is -2.43. The average Bonchev–Trinajstić information content (AvgIpc) is 2.92. The molecule has 1 aromatic carbocycles. The SMILES string of the molecule is CCl.CN(COC[n+]1ccc(C=O)cc1)C1(c2ccccc2Cl)CCCCC1=O.CNCCCCN. The molecule has 1 fully saturated rings. The second kappa shape index (κ2) is 18.4. The highest BCUT2D eigenvalue weighted by Crippen LogP contribution is 2.42. The van der Waals surface area contributed by atoms with Crippen LogP contribution in [-0.2, 0) is 21.8 Å². The Hall–Kier alpha value is -1.87. The average molecular weight is 541 g/mol. The Bertz CT molecular complexity index is 895. The molecule has 3 N–H and O–H groups in total. The third-order valence-corrected chi connectivity index (χ3v) is 6.41. The van der Waals surface area contributed by atoms with Crippen molar-refractivity contribution in [3.05, 3.63) is 64.9 Å². The molecule has 7 nitrogen and oxygen atoms in total. The number of halogens is 2. The molecule has 1 unspecified atom stereocenters. The summed E-state index contributed by atoms with van der Waals surface area (Å²) in [6.07, 6.45) is 11.4. The number of pyridine rings is 1. The maximum absolute atomic E-state index is 13.0. The molecule has 1 aromatic heterocycles. The van der Waals surface area contributed by atoms with E-state index in [1.165, 1.54) is 12.8 Å². The van der Waals surface area contributed by atoms with E-state index in [-0.39, 0.29) is 5.78 Å². The number of Topliss-reactive ketones (excluding diaryl/α,β-unsaturated/α-hetero) is 1. The van der Waals surface area contributed by atoms with Gasteiger partial charge in [0.2, 0.25) is 0 Å². The lowest BCUT2D eigenvalue weighted by molar-refractivity contribution is -0.733. The lowest BCUT2D eigenvalue weighted by atomic mass is 9.74. The second-order valence-corrected chi connectivity index (χ2v) is 8.90. The number of nitrogens with zero attached hydrogens (tertiary/aromatic N) is 2. The van der Waals surface area contributed by atoms with Crippen molar-refractivity contribution in [3.63, 3.8) is 0 Å². The molecule has 0 radical (unpaired) electrons. The summed E-state index contributed by atoms with van der Waals surface area (Å²) in [5.74, 6) is 0.191.